The molecule has 0 saturated carbocycles. The van der Waals surface area contributed by atoms with Crippen LogP contribution in [0.2, 0.25) is 5.02 Å². The van der Waals surface area contributed by atoms with E-state index >= 15 is 0 Å². The third-order valence-electron chi connectivity index (χ3n) is 3.10. The molecule has 6 heteroatoms. The molecular weight excluding hydrogens is 403 g/mol. The van der Waals surface area contributed by atoms with Crippen LogP contribution in [-0.4, -0.2) is 19.1 Å². The van der Waals surface area contributed by atoms with Gasteiger partial charge in [0, 0.05) is 10.1 Å². The number of ether oxygens (including phenoxy) is 1. The Bertz CT molecular complexity index is 706. The Hall–Kier alpha value is -1.47. The number of anilines is 2. The summed E-state index contributed by atoms with van der Waals surface area (Å²) in [4.78, 5) is 12.4. The van der Waals surface area contributed by atoms with Crippen molar-refractivity contribution in [3.8, 4) is 5.75 Å². The average Bonchev–Trinajstić information content (AvgIpc) is 2.49. The molecule has 1 aliphatic heterocycles. The second-order valence-electron chi connectivity index (χ2n) is 4.54. The molecule has 108 valence electrons. The van der Waals surface area contributed by atoms with Crippen LogP contribution in [0.15, 0.2) is 36.4 Å². The molecule has 0 aromatic heterocycles. The van der Waals surface area contributed by atoms with Gasteiger partial charge in [0.2, 0.25) is 0 Å². The zero-order chi connectivity index (χ0) is 14.8. The third-order valence-corrected chi connectivity index (χ3v) is 4.09. The van der Waals surface area contributed by atoms with Gasteiger partial charge in [-0.25, -0.2) is 0 Å². The number of amides is 1. The molecule has 0 saturated heterocycles. The summed E-state index contributed by atoms with van der Waals surface area (Å²) in [7, 11) is 0. The molecular formula is C15H12ClIN2O2. The Balaban J connectivity index is 1.89. The number of nitrogens with one attached hydrogen (secondary N) is 2. The number of para-hydroxylation sites is 1. The minimum absolute atomic E-state index is 0.237. The van der Waals surface area contributed by atoms with Gasteiger partial charge in [-0.3, -0.25) is 4.79 Å². The van der Waals surface area contributed by atoms with E-state index in [2.05, 4.69) is 33.2 Å². The summed E-state index contributed by atoms with van der Waals surface area (Å²) in [6, 6.07) is 10.9. The molecule has 2 aromatic rings. The Kier molecular flexibility index (Phi) is 4.21. The second kappa shape index (κ2) is 6.11. The van der Waals surface area contributed by atoms with E-state index in [4.69, 9.17) is 16.3 Å². The maximum atomic E-state index is 12.4. The highest BCUT2D eigenvalue weighted by Crippen LogP contribution is 2.32. The van der Waals surface area contributed by atoms with Gasteiger partial charge in [0.1, 0.15) is 6.61 Å². The van der Waals surface area contributed by atoms with Crippen molar-refractivity contribution in [2.45, 2.75) is 0 Å². The highest BCUT2D eigenvalue weighted by atomic mass is 127. The van der Waals surface area contributed by atoms with E-state index < -0.39 is 0 Å². The molecule has 0 aliphatic carbocycles. The van der Waals surface area contributed by atoms with E-state index in [0.29, 0.717) is 28.6 Å². The quantitative estimate of drug-likeness (QED) is 0.730. The fraction of sp³-hybridized carbons (Fsp3) is 0.133. The minimum Gasteiger partial charge on any atom is -0.489 e. The zero-order valence-corrected chi connectivity index (χ0v) is 13.9. The lowest BCUT2D eigenvalue weighted by atomic mass is 10.1. The molecule has 0 atom stereocenters. The summed E-state index contributed by atoms with van der Waals surface area (Å²) < 4.78 is 6.62. The van der Waals surface area contributed by atoms with Crippen molar-refractivity contribution in [1.29, 1.82) is 0 Å². The summed E-state index contributed by atoms with van der Waals surface area (Å²) in [5.74, 6) is 0.349. The molecule has 0 bridgehead atoms. The first-order chi connectivity index (χ1) is 10.1. The summed E-state index contributed by atoms with van der Waals surface area (Å²) in [5, 5.41) is 6.54. The van der Waals surface area contributed by atoms with Crippen LogP contribution in [0.5, 0.6) is 5.75 Å². The molecule has 3 rings (SSSR count). The molecule has 0 radical (unpaired) electrons. The van der Waals surface area contributed by atoms with Crippen molar-refractivity contribution in [2.24, 2.45) is 0 Å². The Morgan fingerprint density at radius 3 is 3.00 bits per heavy atom. The van der Waals surface area contributed by atoms with E-state index in [0.717, 1.165) is 15.8 Å². The fourth-order valence-corrected chi connectivity index (χ4v) is 3.03. The lowest BCUT2D eigenvalue weighted by Gasteiger charge is -2.21. The lowest BCUT2D eigenvalue weighted by Crippen LogP contribution is -2.22. The van der Waals surface area contributed by atoms with E-state index in [1.807, 2.05) is 18.2 Å². The van der Waals surface area contributed by atoms with Crippen LogP contribution in [0, 0.1) is 3.57 Å². The number of halogens is 2. The maximum Gasteiger partial charge on any atom is 0.259 e. The lowest BCUT2D eigenvalue weighted by molar-refractivity contribution is 0.102. The monoisotopic (exact) mass is 414 g/mol. The van der Waals surface area contributed by atoms with Gasteiger partial charge in [-0.1, -0.05) is 17.7 Å². The number of fused-ring (bicyclic) bond motifs is 1. The average molecular weight is 415 g/mol. The number of rotatable bonds is 2. The molecule has 21 heavy (non-hydrogen) atoms. The SMILES string of the molecule is O=C(Nc1ccc(I)cc1Cl)c1cccc2c1OCCN2. The summed E-state index contributed by atoms with van der Waals surface area (Å²) in [5.41, 5.74) is 1.92. The van der Waals surface area contributed by atoms with Crippen LogP contribution in [0.1, 0.15) is 10.4 Å². The molecule has 4 nitrogen and oxygen atoms in total. The van der Waals surface area contributed by atoms with Gasteiger partial charge in [-0.05, 0) is 52.9 Å². The fourth-order valence-electron chi connectivity index (χ4n) is 2.13. The van der Waals surface area contributed by atoms with Crippen molar-refractivity contribution in [1.82, 2.24) is 0 Å². The normalized spacial score (nSPS) is 12.9. The van der Waals surface area contributed by atoms with Crippen LogP contribution in [0.3, 0.4) is 0 Å². The first-order valence-corrected chi connectivity index (χ1v) is 7.87. The molecule has 0 fully saturated rings. The smallest absolute Gasteiger partial charge is 0.259 e. The highest BCUT2D eigenvalue weighted by Gasteiger charge is 2.19. The molecule has 2 aromatic carbocycles. The third kappa shape index (κ3) is 3.08. The van der Waals surface area contributed by atoms with Crippen LogP contribution >= 0.6 is 34.2 Å². The minimum atomic E-state index is -0.237. The van der Waals surface area contributed by atoms with Gasteiger partial charge in [0.25, 0.3) is 5.91 Å². The molecule has 0 unspecified atom stereocenters. The number of carbonyl (C=O) groups is 1. The van der Waals surface area contributed by atoms with Gasteiger partial charge in [-0.2, -0.15) is 0 Å². The van der Waals surface area contributed by atoms with Crippen molar-refractivity contribution in [3.05, 3.63) is 50.6 Å². The van der Waals surface area contributed by atoms with Crippen molar-refractivity contribution in [2.75, 3.05) is 23.8 Å². The largest absolute Gasteiger partial charge is 0.489 e. The van der Waals surface area contributed by atoms with Crippen LogP contribution in [0.25, 0.3) is 0 Å². The van der Waals surface area contributed by atoms with Gasteiger partial charge in [0.05, 0.1) is 22.0 Å². The molecule has 1 aliphatic rings. The predicted molar refractivity (Wildman–Crippen MR) is 92.5 cm³/mol. The molecule has 0 spiro atoms. The van der Waals surface area contributed by atoms with Crippen LogP contribution in [-0.2, 0) is 0 Å². The molecule has 1 heterocycles. The Morgan fingerprint density at radius 1 is 1.33 bits per heavy atom. The topological polar surface area (TPSA) is 50.4 Å². The molecule has 1 amide bonds. The standard InChI is InChI=1S/C15H12ClIN2O2/c16-11-8-9(17)4-5-12(11)19-15(20)10-2-1-3-13-14(10)21-7-6-18-13/h1-5,8,18H,6-7H2,(H,19,20). The molecule has 2 N–H and O–H groups in total. The van der Waals surface area contributed by atoms with Gasteiger partial charge >= 0.3 is 0 Å². The van der Waals surface area contributed by atoms with Gasteiger partial charge in [-0.15, -0.1) is 0 Å². The number of benzene rings is 2. The Labute approximate surface area is 141 Å². The van der Waals surface area contributed by atoms with E-state index in [9.17, 15) is 4.79 Å². The first kappa shape index (κ1) is 14.5. The van der Waals surface area contributed by atoms with E-state index in [-0.39, 0.29) is 5.91 Å². The van der Waals surface area contributed by atoms with Crippen molar-refractivity contribution < 1.29 is 9.53 Å². The first-order valence-electron chi connectivity index (χ1n) is 6.41. The van der Waals surface area contributed by atoms with E-state index in [1.165, 1.54) is 0 Å². The summed E-state index contributed by atoms with van der Waals surface area (Å²) in [6.45, 7) is 1.28. The highest BCUT2D eigenvalue weighted by molar-refractivity contribution is 14.1. The summed E-state index contributed by atoms with van der Waals surface area (Å²) >= 11 is 8.31. The summed E-state index contributed by atoms with van der Waals surface area (Å²) in [6.07, 6.45) is 0. The number of carbonyl (C=O) groups excluding carboxylic acids is 1. The number of hydrogen-bond donors (Lipinski definition) is 2. The second-order valence-corrected chi connectivity index (χ2v) is 6.19. The van der Waals surface area contributed by atoms with Gasteiger partial charge in [0.15, 0.2) is 5.75 Å². The predicted octanol–water partition coefficient (Wildman–Crippen LogP) is 4.00. The number of hydrogen-bond acceptors (Lipinski definition) is 3. The maximum absolute atomic E-state index is 12.4. The van der Waals surface area contributed by atoms with Crippen LogP contribution in [0.4, 0.5) is 11.4 Å². The Morgan fingerprint density at radius 2 is 2.19 bits per heavy atom. The van der Waals surface area contributed by atoms with Crippen molar-refractivity contribution in [3.63, 3.8) is 0 Å². The zero-order valence-electron chi connectivity index (χ0n) is 11.0. The van der Waals surface area contributed by atoms with Gasteiger partial charge < -0.3 is 15.4 Å². The van der Waals surface area contributed by atoms with Crippen LogP contribution < -0.4 is 15.4 Å². The van der Waals surface area contributed by atoms with Crippen molar-refractivity contribution >= 4 is 51.5 Å². The van der Waals surface area contributed by atoms with E-state index in [1.54, 1.807) is 18.2 Å².